The summed E-state index contributed by atoms with van der Waals surface area (Å²) in [5.74, 6) is 1.04. The fraction of sp³-hybridized carbons (Fsp3) is 0.344. The van der Waals surface area contributed by atoms with E-state index in [4.69, 9.17) is 16.6 Å². The van der Waals surface area contributed by atoms with E-state index in [1.54, 1.807) is 12.1 Å². The van der Waals surface area contributed by atoms with Gasteiger partial charge in [0.15, 0.2) is 0 Å². The number of carbonyl (C=O) groups excluding carboxylic acids is 1. The van der Waals surface area contributed by atoms with Crippen LogP contribution in [0, 0.1) is 11.3 Å². The van der Waals surface area contributed by atoms with Gasteiger partial charge in [-0.15, -0.1) is 0 Å². The molecule has 4 aromatic rings. The molecule has 2 N–H and O–H groups in total. The molecule has 1 heterocycles. The minimum absolute atomic E-state index is 0.146. The first-order valence-electron chi connectivity index (χ1n) is 13.9. The van der Waals surface area contributed by atoms with E-state index in [1.807, 2.05) is 36.4 Å². The zero-order valence-corrected chi connectivity index (χ0v) is 23.1. The van der Waals surface area contributed by atoms with Crippen molar-refractivity contribution in [1.82, 2.24) is 14.9 Å². The molecule has 1 aliphatic carbocycles. The number of aryl methyl sites for hydroxylation is 1. The zero-order valence-electron chi connectivity index (χ0n) is 22.3. The van der Waals surface area contributed by atoms with Gasteiger partial charge in [-0.1, -0.05) is 68.5 Å². The number of carbonyl (C=O) groups is 1. The SMILES string of the molecule is CCCCc1nc2ccc(NC(=O)NC3CCCCC3)cc2n1Cc1ccc(-c2cc(Cl)ccc2C#N)cc1. The van der Waals surface area contributed by atoms with Crippen LogP contribution >= 0.6 is 11.6 Å². The maximum Gasteiger partial charge on any atom is 0.319 e. The maximum absolute atomic E-state index is 12.7. The topological polar surface area (TPSA) is 82.7 Å². The summed E-state index contributed by atoms with van der Waals surface area (Å²) in [5, 5.41) is 16.3. The molecule has 0 unspecified atom stereocenters. The predicted molar refractivity (Wildman–Crippen MR) is 158 cm³/mol. The van der Waals surface area contributed by atoms with E-state index in [0.29, 0.717) is 17.1 Å². The van der Waals surface area contributed by atoms with Crippen molar-refractivity contribution in [2.75, 3.05) is 5.32 Å². The lowest BCUT2D eigenvalue weighted by molar-refractivity contribution is 0.244. The van der Waals surface area contributed by atoms with E-state index in [2.05, 4.69) is 40.3 Å². The summed E-state index contributed by atoms with van der Waals surface area (Å²) in [5.41, 5.74) is 6.20. The van der Waals surface area contributed by atoms with Gasteiger partial charge in [0, 0.05) is 35.3 Å². The van der Waals surface area contributed by atoms with Crippen LogP contribution in [0.5, 0.6) is 0 Å². The summed E-state index contributed by atoms with van der Waals surface area (Å²) < 4.78 is 2.25. The van der Waals surface area contributed by atoms with Crippen LogP contribution in [0.2, 0.25) is 5.02 Å². The van der Waals surface area contributed by atoms with Gasteiger partial charge in [0.25, 0.3) is 0 Å². The Morgan fingerprint density at radius 3 is 2.62 bits per heavy atom. The summed E-state index contributed by atoms with van der Waals surface area (Å²) in [7, 11) is 0. The fourth-order valence-corrected chi connectivity index (χ4v) is 5.55. The largest absolute Gasteiger partial charge is 0.335 e. The molecule has 200 valence electrons. The number of fused-ring (bicyclic) bond motifs is 1. The van der Waals surface area contributed by atoms with Crippen molar-refractivity contribution in [3.05, 3.63) is 82.6 Å². The van der Waals surface area contributed by atoms with Crippen LogP contribution in [0.15, 0.2) is 60.7 Å². The number of hydrogen-bond donors (Lipinski definition) is 2. The molecule has 0 atom stereocenters. The van der Waals surface area contributed by atoms with Gasteiger partial charge in [-0.05, 0) is 66.8 Å². The van der Waals surface area contributed by atoms with Crippen molar-refractivity contribution in [1.29, 1.82) is 5.26 Å². The molecule has 0 saturated heterocycles. The third-order valence-electron chi connectivity index (χ3n) is 7.49. The van der Waals surface area contributed by atoms with Crippen molar-refractivity contribution in [2.24, 2.45) is 0 Å². The third-order valence-corrected chi connectivity index (χ3v) is 7.72. The smallest absolute Gasteiger partial charge is 0.319 e. The summed E-state index contributed by atoms with van der Waals surface area (Å²) in [6.45, 7) is 2.85. The first-order chi connectivity index (χ1) is 19.0. The number of unbranched alkanes of at least 4 members (excludes halogenated alkanes) is 1. The highest BCUT2D eigenvalue weighted by atomic mass is 35.5. The molecule has 1 fully saturated rings. The molecule has 5 rings (SSSR count). The Bertz CT molecular complexity index is 1500. The van der Waals surface area contributed by atoms with Crippen molar-refractivity contribution < 1.29 is 4.79 Å². The standard InChI is InChI=1S/C32H34ClN5O/c1-2-3-9-31-37-29-17-16-27(36-32(39)35-26-7-5-4-6-8-26)19-30(29)38(31)21-22-10-12-23(13-11-22)28-18-25(33)15-14-24(28)20-34/h10-19,26H,2-9,21H2,1H3,(H2,35,36,39). The molecule has 3 aromatic carbocycles. The van der Waals surface area contributed by atoms with Gasteiger partial charge in [-0.3, -0.25) is 0 Å². The van der Waals surface area contributed by atoms with E-state index in [-0.39, 0.29) is 12.1 Å². The van der Waals surface area contributed by atoms with Crippen LogP contribution < -0.4 is 10.6 Å². The Kier molecular flexibility index (Phi) is 8.48. The monoisotopic (exact) mass is 539 g/mol. The number of nitrogens with zero attached hydrogens (tertiary/aromatic N) is 3. The van der Waals surface area contributed by atoms with Crippen molar-refractivity contribution in [3.8, 4) is 17.2 Å². The summed E-state index contributed by atoms with van der Waals surface area (Å²) in [6.07, 6.45) is 8.75. The van der Waals surface area contributed by atoms with Crippen LogP contribution in [0.4, 0.5) is 10.5 Å². The normalized spacial score (nSPS) is 13.8. The molecule has 1 aliphatic rings. The lowest BCUT2D eigenvalue weighted by Gasteiger charge is -2.22. The summed E-state index contributed by atoms with van der Waals surface area (Å²) in [6, 6.07) is 21.9. The molecule has 0 radical (unpaired) electrons. The van der Waals surface area contributed by atoms with Gasteiger partial charge in [0.2, 0.25) is 0 Å². The van der Waals surface area contributed by atoms with Crippen LogP contribution in [-0.2, 0) is 13.0 Å². The number of anilines is 1. The first kappa shape index (κ1) is 26.8. The maximum atomic E-state index is 12.7. The summed E-state index contributed by atoms with van der Waals surface area (Å²) in [4.78, 5) is 17.6. The lowest BCUT2D eigenvalue weighted by Crippen LogP contribution is -2.39. The average molecular weight is 540 g/mol. The number of urea groups is 1. The number of rotatable bonds is 8. The minimum Gasteiger partial charge on any atom is -0.335 e. The Morgan fingerprint density at radius 2 is 1.87 bits per heavy atom. The van der Waals surface area contributed by atoms with Crippen LogP contribution in [0.1, 0.15) is 68.8 Å². The number of imidazole rings is 1. The summed E-state index contributed by atoms with van der Waals surface area (Å²) >= 11 is 6.21. The highest BCUT2D eigenvalue weighted by Crippen LogP contribution is 2.28. The predicted octanol–water partition coefficient (Wildman–Crippen LogP) is 8.07. The minimum atomic E-state index is -0.146. The Morgan fingerprint density at radius 1 is 1.08 bits per heavy atom. The highest BCUT2D eigenvalue weighted by molar-refractivity contribution is 6.30. The molecular weight excluding hydrogens is 506 g/mol. The van der Waals surface area contributed by atoms with Crippen molar-refractivity contribution in [2.45, 2.75) is 70.9 Å². The molecule has 1 aromatic heterocycles. The number of benzene rings is 3. The molecule has 0 aliphatic heterocycles. The first-order valence-corrected chi connectivity index (χ1v) is 14.3. The number of amides is 2. The highest BCUT2D eigenvalue weighted by Gasteiger charge is 2.17. The van der Waals surface area contributed by atoms with E-state index < -0.39 is 0 Å². The number of halogens is 1. The number of nitriles is 1. The Balaban J connectivity index is 1.40. The lowest BCUT2D eigenvalue weighted by atomic mass is 9.96. The average Bonchev–Trinajstić information content (AvgIpc) is 3.29. The van der Waals surface area contributed by atoms with Gasteiger partial charge in [0.05, 0.1) is 22.7 Å². The Labute approximate surface area is 235 Å². The molecule has 1 saturated carbocycles. The third kappa shape index (κ3) is 6.43. The Hall–Kier alpha value is -3.82. The quantitative estimate of drug-likeness (QED) is 0.237. The van der Waals surface area contributed by atoms with Gasteiger partial charge >= 0.3 is 6.03 Å². The molecule has 39 heavy (non-hydrogen) atoms. The van der Waals surface area contributed by atoms with E-state index in [1.165, 1.54) is 19.3 Å². The number of hydrogen-bond acceptors (Lipinski definition) is 3. The molecule has 0 spiro atoms. The van der Waals surface area contributed by atoms with E-state index >= 15 is 0 Å². The van der Waals surface area contributed by atoms with Gasteiger partial charge in [-0.2, -0.15) is 5.26 Å². The molecule has 0 bridgehead atoms. The zero-order chi connectivity index (χ0) is 27.2. The second kappa shape index (κ2) is 12.4. The van der Waals surface area contributed by atoms with Gasteiger partial charge < -0.3 is 15.2 Å². The van der Waals surface area contributed by atoms with Crippen LogP contribution in [0.3, 0.4) is 0 Å². The fourth-order valence-electron chi connectivity index (χ4n) is 5.38. The molecule has 7 heteroatoms. The molecule has 6 nitrogen and oxygen atoms in total. The van der Waals surface area contributed by atoms with E-state index in [0.717, 1.165) is 71.3 Å². The second-order valence-corrected chi connectivity index (χ2v) is 10.8. The molecule has 2 amide bonds. The molecular formula is C32H34ClN5O. The van der Waals surface area contributed by atoms with Crippen molar-refractivity contribution in [3.63, 3.8) is 0 Å². The van der Waals surface area contributed by atoms with Crippen molar-refractivity contribution >= 4 is 34.4 Å². The van der Waals surface area contributed by atoms with E-state index in [9.17, 15) is 10.1 Å². The number of aromatic nitrogens is 2. The van der Waals surface area contributed by atoms with Gasteiger partial charge in [0.1, 0.15) is 5.82 Å². The number of nitrogens with one attached hydrogen (secondary N) is 2. The van der Waals surface area contributed by atoms with Crippen LogP contribution in [-0.4, -0.2) is 21.6 Å². The second-order valence-electron chi connectivity index (χ2n) is 10.4. The van der Waals surface area contributed by atoms with Crippen LogP contribution in [0.25, 0.3) is 22.2 Å². The van der Waals surface area contributed by atoms with Gasteiger partial charge in [-0.25, -0.2) is 9.78 Å².